The summed E-state index contributed by atoms with van der Waals surface area (Å²) in [6.45, 7) is 3.46. The minimum Gasteiger partial charge on any atom is -0.451 e. The van der Waals surface area contributed by atoms with Crippen LogP contribution in [0.25, 0.3) is 5.69 Å². The molecule has 1 aromatic carbocycles. The Morgan fingerprint density at radius 1 is 1.20 bits per heavy atom. The van der Waals surface area contributed by atoms with Crippen LogP contribution in [-0.2, 0) is 9.53 Å². The molecule has 7 heteroatoms. The van der Waals surface area contributed by atoms with Gasteiger partial charge in [0.15, 0.2) is 6.61 Å². The highest BCUT2D eigenvalue weighted by molar-refractivity contribution is 5.94. The molecular weight excluding hydrogens is 320 g/mol. The first-order valence-electron chi connectivity index (χ1n) is 7.77. The molecule has 0 fully saturated rings. The van der Waals surface area contributed by atoms with E-state index in [1.807, 2.05) is 38.1 Å². The molecule has 0 spiro atoms. The number of nitrogens with zero attached hydrogens (tertiary/aromatic N) is 2. The highest BCUT2D eigenvalue weighted by atomic mass is 16.5. The average Bonchev–Trinajstić information content (AvgIpc) is 3.23. The summed E-state index contributed by atoms with van der Waals surface area (Å²) in [5.41, 5.74) is 3.03. The smallest absolute Gasteiger partial charge is 0.355 e. The van der Waals surface area contributed by atoms with Gasteiger partial charge in [0, 0.05) is 12.3 Å². The summed E-state index contributed by atoms with van der Waals surface area (Å²) in [5.74, 6) is -0.501. The molecule has 2 aromatic heterocycles. The van der Waals surface area contributed by atoms with E-state index >= 15 is 0 Å². The Labute approximate surface area is 144 Å². The fourth-order valence-electron chi connectivity index (χ4n) is 2.32. The zero-order chi connectivity index (χ0) is 17.8. The van der Waals surface area contributed by atoms with Crippen molar-refractivity contribution in [1.29, 1.82) is 0 Å². The second kappa shape index (κ2) is 7.04. The molecule has 0 bridgehead atoms. The third-order valence-corrected chi connectivity index (χ3v) is 3.53. The van der Waals surface area contributed by atoms with Crippen molar-refractivity contribution in [3.63, 3.8) is 0 Å². The van der Waals surface area contributed by atoms with Crippen LogP contribution in [-0.4, -0.2) is 33.2 Å². The van der Waals surface area contributed by atoms with E-state index in [0.717, 1.165) is 16.9 Å². The molecule has 0 aliphatic carbocycles. The largest absolute Gasteiger partial charge is 0.451 e. The summed E-state index contributed by atoms with van der Waals surface area (Å²) in [6, 6.07) is 12.8. The molecule has 25 heavy (non-hydrogen) atoms. The number of hydrogen-bond acceptors (Lipinski definition) is 4. The maximum atomic E-state index is 12.1. The minimum atomic E-state index is -0.580. The summed E-state index contributed by atoms with van der Waals surface area (Å²) in [6.07, 6.45) is 1.61. The first-order valence-corrected chi connectivity index (χ1v) is 7.77. The van der Waals surface area contributed by atoms with Crippen molar-refractivity contribution in [1.82, 2.24) is 14.8 Å². The van der Waals surface area contributed by atoms with Gasteiger partial charge in [-0.05, 0) is 38.1 Å². The zero-order valence-electron chi connectivity index (χ0n) is 13.9. The van der Waals surface area contributed by atoms with Gasteiger partial charge in [0.25, 0.3) is 5.91 Å². The molecule has 0 unspecified atom stereocenters. The number of carbonyl (C=O) groups excluding carboxylic acids is 2. The van der Waals surface area contributed by atoms with E-state index < -0.39 is 11.9 Å². The number of carbonyl (C=O) groups is 2. The van der Waals surface area contributed by atoms with Crippen LogP contribution in [0, 0.1) is 13.8 Å². The summed E-state index contributed by atoms with van der Waals surface area (Å²) >= 11 is 0. The number of rotatable bonds is 5. The predicted molar refractivity (Wildman–Crippen MR) is 92.7 cm³/mol. The highest BCUT2D eigenvalue weighted by Crippen LogP contribution is 2.17. The maximum absolute atomic E-state index is 12.1. The van der Waals surface area contributed by atoms with Gasteiger partial charge in [-0.3, -0.25) is 4.79 Å². The van der Waals surface area contributed by atoms with Crippen LogP contribution in [0.15, 0.2) is 48.7 Å². The van der Waals surface area contributed by atoms with E-state index in [1.165, 1.54) is 0 Å². The van der Waals surface area contributed by atoms with Crippen LogP contribution in [0.4, 0.5) is 5.82 Å². The quantitative estimate of drug-likeness (QED) is 0.700. The van der Waals surface area contributed by atoms with Crippen molar-refractivity contribution in [2.75, 3.05) is 11.9 Å². The molecule has 0 radical (unpaired) electrons. The summed E-state index contributed by atoms with van der Waals surface area (Å²) in [7, 11) is 0. The Morgan fingerprint density at radius 2 is 1.96 bits per heavy atom. The molecule has 2 N–H and O–H groups in total. The molecule has 2 heterocycles. The van der Waals surface area contributed by atoms with Gasteiger partial charge in [-0.1, -0.05) is 17.7 Å². The van der Waals surface area contributed by atoms with E-state index in [9.17, 15) is 9.59 Å². The number of anilines is 1. The fourth-order valence-corrected chi connectivity index (χ4v) is 2.32. The topological polar surface area (TPSA) is 89.0 Å². The number of hydrogen-bond donors (Lipinski definition) is 2. The number of amides is 1. The van der Waals surface area contributed by atoms with Gasteiger partial charge in [-0.25, -0.2) is 9.48 Å². The number of esters is 1. The minimum absolute atomic E-state index is 0.299. The van der Waals surface area contributed by atoms with Gasteiger partial charge in [0.05, 0.1) is 11.4 Å². The maximum Gasteiger partial charge on any atom is 0.355 e. The molecule has 128 valence electrons. The van der Waals surface area contributed by atoms with Crippen LogP contribution in [0.1, 0.15) is 21.7 Å². The van der Waals surface area contributed by atoms with Gasteiger partial charge in [0.2, 0.25) is 0 Å². The standard InChI is InChI=1S/C18H18N4O3/c1-12-5-7-14(8-6-12)22-16(10-13(2)21-22)20-17(23)11-25-18(24)15-4-3-9-19-15/h3-10,19H,11H2,1-2H3,(H,20,23). The first-order chi connectivity index (χ1) is 12.0. The SMILES string of the molecule is Cc1ccc(-n2nc(C)cc2NC(=O)COC(=O)c2ccc[nH]2)cc1. The van der Waals surface area contributed by atoms with Crippen LogP contribution >= 0.6 is 0 Å². The van der Waals surface area contributed by atoms with Crippen LogP contribution in [0.2, 0.25) is 0 Å². The number of aryl methyl sites for hydroxylation is 2. The lowest BCUT2D eigenvalue weighted by molar-refractivity contribution is -0.119. The van der Waals surface area contributed by atoms with Gasteiger partial charge in [-0.15, -0.1) is 0 Å². The average molecular weight is 338 g/mol. The second-order valence-electron chi connectivity index (χ2n) is 5.63. The van der Waals surface area contributed by atoms with Crippen LogP contribution in [0.3, 0.4) is 0 Å². The molecular formula is C18H18N4O3. The lowest BCUT2D eigenvalue weighted by Crippen LogP contribution is -2.22. The molecule has 3 aromatic rings. The molecule has 1 amide bonds. The molecule has 0 aliphatic rings. The predicted octanol–water partition coefficient (Wildman–Crippen LogP) is 2.61. The van der Waals surface area contributed by atoms with E-state index in [1.54, 1.807) is 29.1 Å². The van der Waals surface area contributed by atoms with Crippen molar-refractivity contribution < 1.29 is 14.3 Å². The number of benzene rings is 1. The van der Waals surface area contributed by atoms with Crippen LogP contribution < -0.4 is 5.32 Å². The Bertz CT molecular complexity index is 880. The van der Waals surface area contributed by atoms with Crippen molar-refractivity contribution in [3.05, 3.63) is 65.6 Å². The second-order valence-corrected chi connectivity index (χ2v) is 5.63. The summed E-state index contributed by atoms with van der Waals surface area (Å²) in [5, 5.41) is 7.11. The van der Waals surface area contributed by atoms with Crippen molar-refractivity contribution >= 4 is 17.7 Å². The number of H-pyrrole nitrogens is 1. The van der Waals surface area contributed by atoms with Gasteiger partial charge in [-0.2, -0.15) is 5.10 Å². The van der Waals surface area contributed by atoms with Gasteiger partial charge in [0.1, 0.15) is 11.5 Å². The van der Waals surface area contributed by atoms with Gasteiger partial charge >= 0.3 is 5.97 Å². The normalized spacial score (nSPS) is 10.5. The Kier molecular flexibility index (Phi) is 4.65. The van der Waals surface area contributed by atoms with Crippen molar-refractivity contribution in [2.45, 2.75) is 13.8 Å². The highest BCUT2D eigenvalue weighted by Gasteiger charge is 2.14. The number of aromatic nitrogens is 3. The molecule has 0 atom stereocenters. The third kappa shape index (κ3) is 3.95. The lowest BCUT2D eigenvalue weighted by Gasteiger charge is -2.09. The summed E-state index contributed by atoms with van der Waals surface area (Å²) in [4.78, 5) is 26.6. The lowest BCUT2D eigenvalue weighted by atomic mass is 10.2. The third-order valence-electron chi connectivity index (χ3n) is 3.53. The summed E-state index contributed by atoms with van der Waals surface area (Å²) < 4.78 is 6.61. The van der Waals surface area contributed by atoms with Crippen LogP contribution in [0.5, 0.6) is 0 Å². The zero-order valence-corrected chi connectivity index (χ0v) is 13.9. The Balaban J connectivity index is 1.67. The molecule has 0 aliphatic heterocycles. The van der Waals surface area contributed by atoms with Gasteiger partial charge < -0.3 is 15.0 Å². The first kappa shape index (κ1) is 16.5. The molecule has 0 saturated heterocycles. The Morgan fingerprint density at radius 3 is 2.64 bits per heavy atom. The van der Waals surface area contributed by atoms with Crippen molar-refractivity contribution in [2.24, 2.45) is 0 Å². The number of ether oxygens (including phenoxy) is 1. The molecule has 7 nitrogen and oxygen atoms in total. The molecule has 3 rings (SSSR count). The van der Waals surface area contributed by atoms with E-state index in [-0.39, 0.29) is 6.61 Å². The van der Waals surface area contributed by atoms with E-state index in [4.69, 9.17) is 4.74 Å². The molecule has 0 saturated carbocycles. The fraction of sp³-hybridized carbons (Fsp3) is 0.167. The van der Waals surface area contributed by atoms with Crippen molar-refractivity contribution in [3.8, 4) is 5.69 Å². The number of aromatic amines is 1. The van der Waals surface area contributed by atoms with E-state index in [0.29, 0.717) is 11.5 Å². The monoisotopic (exact) mass is 338 g/mol. The van der Waals surface area contributed by atoms with E-state index in [2.05, 4.69) is 15.4 Å². The number of nitrogens with one attached hydrogen (secondary N) is 2. The Hall–Kier alpha value is -3.35.